The number of hydrogen-bond acceptors (Lipinski definition) is 2. The van der Waals surface area contributed by atoms with Crippen molar-refractivity contribution < 1.29 is 4.39 Å². The van der Waals surface area contributed by atoms with Gasteiger partial charge < -0.3 is 5.73 Å². The van der Waals surface area contributed by atoms with Gasteiger partial charge in [0, 0.05) is 0 Å². The Morgan fingerprint density at radius 2 is 2.31 bits per heavy atom. The molecule has 0 amide bonds. The minimum atomic E-state index is -0.729. The summed E-state index contributed by atoms with van der Waals surface area (Å²) in [5.74, 6) is -0.700. The number of nitrogens with zero attached hydrogens (tertiary/aromatic N) is 2. The van der Waals surface area contributed by atoms with Crippen LogP contribution in [0.3, 0.4) is 0 Å². The number of benzene rings is 1. The first-order valence-electron chi connectivity index (χ1n) is 3.97. The highest BCUT2D eigenvalue weighted by Gasteiger charge is 2.16. The summed E-state index contributed by atoms with van der Waals surface area (Å²) in [7, 11) is 0. The quantitative estimate of drug-likeness (QED) is 0.392. The molecular weight excluding hydrogens is 320 g/mol. The minimum absolute atomic E-state index is 0.0111. The highest BCUT2D eigenvalue weighted by molar-refractivity contribution is 9.10. The third-order valence-electron chi connectivity index (χ3n) is 1.65. The molecule has 0 aliphatic carbocycles. The van der Waals surface area contributed by atoms with Crippen molar-refractivity contribution in [2.75, 3.05) is 5.88 Å². The SMILES string of the molecule is N#Cc1c(F)c(Br)cc(Cl)c1N=C(N)CCl. The van der Waals surface area contributed by atoms with Crippen molar-refractivity contribution in [2.45, 2.75) is 0 Å². The number of alkyl halides is 1. The Hall–Kier alpha value is -0.830. The van der Waals surface area contributed by atoms with Crippen LogP contribution < -0.4 is 5.73 Å². The van der Waals surface area contributed by atoms with Crippen LogP contribution in [0.4, 0.5) is 10.1 Å². The summed E-state index contributed by atoms with van der Waals surface area (Å²) in [5.41, 5.74) is 5.12. The van der Waals surface area contributed by atoms with Gasteiger partial charge in [0.05, 0.1) is 15.4 Å². The number of halogens is 4. The molecule has 0 fully saturated rings. The van der Waals surface area contributed by atoms with E-state index in [0.717, 1.165) is 0 Å². The molecule has 0 aromatic heterocycles. The Labute approximate surface area is 110 Å². The molecule has 0 saturated heterocycles. The molecule has 84 valence electrons. The fourth-order valence-electron chi connectivity index (χ4n) is 0.971. The summed E-state index contributed by atoms with van der Waals surface area (Å²) >= 11 is 14.2. The van der Waals surface area contributed by atoms with Gasteiger partial charge in [0.1, 0.15) is 23.2 Å². The molecule has 1 aromatic carbocycles. The zero-order valence-corrected chi connectivity index (χ0v) is 10.9. The minimum Gasteiger partial charge on any atom is -0.386 e. The number of rotatable bonds is 2. The van der Waals surface area contributed by atoms with Crippen LogP contribution in [0.15, 0.2) is 15.5 Å². The summed E-state index contributed by atoms with van der Waals surface area (Å²) < 4.78 is 13.6. The van der Waals surface area contributed by atoms with E-state index in [0.29, 0.717) is 0 Å². The van der Waals surface area contributed by atoms with E-state index in [1.165, 1.54) is 6.07 Å². The Kier molecular flexibility index (Phi) is 4.54. The number of amidine groups is 1. The van der Waals surface area contributed by atoms with Crippen LogP contribution in [0, 0.1) is 17.1 Å². The van der Waals surface area contributed by atoms with Gasteiger partial charge in [-0.25, -0.2) is 9.38 Å². The van der Waals surface area contributed by atoms with Gasteiger partial charge in [-0.05, 0) is 22.0 Å². The molecule has 0 saturated carbocycles. The summed E-state index contributed by atoms with van der Waals surface area (Å²) in [4.78, 5) is 3.80. The largest absolute Gasteiger partial charge is 0.386 e. The molecule has 0 bridgehead atoms. The van der Waals surface area contributed by atoms with Crippen LogP contribution in [0.2, 0.25) is 5.02 Å². The van der Waals surface area contributed by atoms with Gasteiger partial charge >= 0.3 is 0 Å². The molecule has 0 heterocycles. The standard InChI is InChI=1S/C9H5BrCl2FN3/c10-5-1-6(12)9(16-7(15)2-11)4(3-14)8(5)13/h1H,2H2,(H2,15,16). The number of aliphatic imine (C=N–C) groups is 1. The molecule has 16 heavy (non-hydrogen) atoms. The van der Waals surface area contributed by atoms with Crippen molar-refractivity contribution >= 4 is 50.7 Å². The third-order valence-corrected chi connectivity index (χ3v) is 2.79. The van der Waals surface area contributed by atoms with E-state index in [9.17, 15) is 4.39 Å². The Morgan fingerprint density at radius 3 is 2.81 bits per heavy atom. The third kappa shape index (κ3) is 2.64. The van der Waals surface area contributed by atoms with E-state index < -0.39 is 5.82 Å². The zero-order valence-electron chi connectivity index (χ0n) is 7.77. The highest BCUT2D eigenvalue weighted by atomic mass is 79.9. The molecule has 3 nitrogen and oxygen atoms in total. The first-order chi connectivity index (χ1) is 7.51. The van der Waals surface area contributed by atoms with E-state index in [2.05, 4.69) is 20.9 Å². The highest BCUT2D eigenvalue weighted by Crippen LogP contribution is 2.35. The summed E-state index contributed by atoms with van der Waals surface area (Å²) in [5, 5.41) is 8.94. The predicted molar refractivity (Wildman–Crippen MR) is 65.8 cm³/mol. The van der Waals surface area contributed by atoms with Gasteiger partial charge in [0.2, 0.25) is 0 Å². The predicted octanol–water partition coefficient (Wildman–Crippen LogP) is 3.34. The molecule has 7 heteroatoms. The second kappa shape index (κ2) is 5.48. The molecule has 2 N–H and O–H groups in total. The Bertz CT molecular complexity index is 497. The van der Waals surface area contributed by atoms with Crippen molar-refractivity contribution in [1.82, 2.24) is 0 Å². The van der Waals surface area contributed by atoms with E-state index >= 15 is 0 Å². The molecular formula is C9H5BrCl2FN3. The lowest BCUT2D eigenvalue weighted by Gasteiger charge is -2.05. The lowest BCUT2D eigenvalue weighted by Crippen LogP contribution is -2.12. The van der Waals surface area contributed by atoms with Crippen molar-refractivity contribution in [3.8, 4) is 6.07 Å². The lowest BCUT2D eigenvalue weighted by atomic mass is 10.2. The molecule has 1 rings (SSSR count). The van der Waals surface area contributed by atoms with Gasteiger partial charge in [0.25, 0.3) is 0 Å². The zero-order chi connectivity index (χ0) is 12.3. The van der Waals surface area contributed by atoms with Crippen molar-refractivity contribution in [2.24, 2.45) is 10.7 Å². The normalized spacial score (nSPS) is 11.3. The van der Waals surface area contributed by atoms with Crippen molar-refractivity contribution in [3.05, 3.63) is 26.9 Å². The second-order valence-corrected chi connectivity index (χ2v) is 4.26. The summed E-state index contributed by atoms with van der Waals surface area (Å²) in [6.45, 7) is 0. The maximum absolute atomic E-state index is 13.5. The van der Waals surface area contributed by atoms with Crippen LogP contribution in [0.25, 0.3) is 0 Å². The maximum atomic E-state index is 13.5. The van der Waals surface area contributed by atoms with Gasteiger partial charge in [-0.1, -0.05) is 11.6 Å². The van der Waals surface area contributed by atoms with E-state index in [4.69, 9.17) is 34.2 Å². The van der Waals surface area contributed by atoms with Gasteiger partial charge in [-0.2, -0.15) is 5.26 Å². The average Bonchev–Trinajstić information content (AvgIpc) is 2.26. The van der Waals surface area contributed by atoms with Crippen LogP contribution in [0.5, 0.6) is 0 Å². The topological polar surface area (TPSA) is 62.2 Å². The van der Waals surface area contributed by atoms with E-state index in [-0.39, 0.29) is 32.5 Å². The van der Waals surface area contributed by atoms with E-state index in [1.54, 1.807) is 6.07 Å². The molecule has 0 radical (unpaired) electrons. The second-order valence-electron chi connectivity index (χ2n) is 2.73. The lowest BCUT2D eigenvalue weighted by molar-refractivity contribution is 0.617. The van der Waals surface area contributed by atoms with Crippen LogP contribution in [-0.2, 0) is 0 Å². The molecule has 1 aromatic rings. The Morgan fingerprint density at radius 1 is 1.69 bits per heavy atom. The Balaban J connectivity index is 3.51. The van der Waals surface area contributed by atoms with Crippen LogP contribution in [-0.4, -0.2) is 11.7 Å². The van der Waals surface area contributed by atoms with Crippen molar-refractivity contribution in [3.63, 3.8) is 0 Å². The molecule has 0 aliphatic rings. The fourth-order valence-corrected chi connectivity index (χ4v) is 1.84. The number of hydrogen-bond donors (Lipinski definition) is 1. The maximum Gasteiger partial charge on any atom is 0.157 e. The smallest absolute Gasteiger partial charge is 0.157 e. The number of nitriles is 1. The van der Waals surface area contributed by atoms with Gasteiger partial charge in [-0.15, -0.1) is 11.6 Å². The van der Waals surface area contributed by atoms with E-state index in [1.807, 2.05) is 0 Å². The molecule has 0 unspecified atom stereocenters. The summed E-state index contributed by atoms with van der Waals surface area (Å²) in [6, 6.07) is 2.98. The average molecular weight is 325 g/mol. The summed E-state index contributed by atoms with van der Waals surface area (Å²) in [6.07, 6.45) is 0. The number of nitrogens with two attached hydrogens (primary N) is 1. The molecule has 0 spiro atoms. The van der Waals surface area contributed by atoms with Gasteiger partial charge in [-0.3, -0.25) is 0 Å². The first-order valence-corrected chi connectivity index (χ1v) is 5.68. The first kappa shape index (κ1) is 13.2. The molecule has 0 aliphatic heterocycles. The van der Waals surface area contributed by atoms with Crippen molar-refractivity contribution in [1.29, 1.82) is 5.26 Å². The fraction of sp³-hybridized carbons (Fsp3) is 0.111. The van der Waals surface area contributed by atoms with Crippen LogP contribution >= 0.6 is 39.1 Å². The van der Waals surface area contributed by atoms with Crippen LogP contribution in [0.1, 0.15) is 5.56 Å². The molecule has 0 atom stereocenters. The monoisotopic (exact) mass is 323 g/mol. The van der Waals surface area contributed by atoms with Gasteiger partial charge in [0.15, 0.2) is 5.82 Å².